The van der Waals surface area contributed by atoms with E-state index in [0.29, 0.717) is 6.07 Å². The van der Waals surface area contributed by atoms with E-state index in [1.807, 2.05) is 0 Å². The van der Waals surface area contributed by atoms with Crippen LogP contribution in [0.15, 0.2) is 28.5 Å². The number of benzene rings is 1. The van der Waals surface area contributed by atoms with Crippen molar-refractivity contribution in [3.05, 3.63) is 34.7 Å². The fourth-order valence-electron chi connectivity index (χ4n) is 1.95. The molecule has 1 aliphatic heterocycles. The maximum atomic E-state index is 12.6. The summed E-state index contributed by atoms with van der Waals surface area (Å²) in [6, 6.07) is 2.34. The van der Waals surface area contributed by atoms with Crippen LogP contribution in [0.25, 0.3) is 5.57 Å². The smallest absolute Gasteiger partial charge is 0.416 e. The largest absolute Gasteiger partial charge is 0.481 e. The molecule has 0 atom stereocenters. The lowest BCUT2D eigenvalue weighted by atomic mass is 10.0. The quantitative estimate of drug-likeness (QED) is 0.932. The monoisotopic (exact) mass is 306 g/mol. The normalized spacial score (nSPS) is 16.6. The molecule has 1 N–H and O–H groups in total. The van der Waals surface area contributed by atoms with Gasteiger partial charge in [-0.2, -0.15) is 13.2 Å². The van der Waals surface area contributed by atoms with E-state index in [-0.39, 0.29) is 28.9 Å². The van der Waals surface area contributed by atoms with Gasteiger partial charge in [-0.25, -0.2) is 8.42 Å². The molecule has 1 aromatic carbocycles. The summed E-state index contributed by atoms with van der Waals surface area (Å²) in [4.78, 5) is 10.3. The number of aliphatic carboxylic acids is 1. The number of hydrogen-bond donors (Lipinski definition) is 1. The Morgan fingerprint density at radius 2 is 1.90 bits per heavy atom. The fourth-order valence-corrected chi connectivity index (χ4v) is 3.46. The van der Waals surface area contributed by atoms with Crippen LogP contribution in [-0.2, 0) is 20.8 Å². The molecule has 0 fully saturated rings. The van der Waals surface area contributed by atoms with Crippen molar-refractivity contribution in [3.63, 3.8) is 0 Å². The number of fused-ring (bicyclic) bond motifs is 1. The molecule has 0 aliphatic carbocycles. The Labute approximate surface area is 112 Å². The van der Waals surface area contributed by atoms with Crippen molar-refractivity contribution in [2.45, 2.75) is 23.9 Å². The van der Waals surface area contributed by atoms with Gasteiger partial charge in [0, 0.05) is 11.8 Å². The molecule has 1 aliphatic rings. The molecule has 108 valence electrons. The van der Waals surface area contributed by atoms with Crippen LogP contribution in [0.4, 0.5) is 13.2 Å². The molecule has 0 radical (unpaired) electrons. The third-order valence-corrected chi connectivity index (χ3v) is 4.43. The minimum atomic E-state index is -4.58. The van der Waals surface area contributed by atoms with E-state index in [4.69, 9.17) is 5.11 Å². The van der Waals surface area contributed by atoms with Crippen molar-refractivity contribution in [3.8, 4) is 0 Å². The molecular weight excluding hydrogens is 297 g/mol. The van der Waals surface area contributed by atoms with Gasteiger partial charge in [-0.15, -0.1) is 0 Å². The van der Waals surface area contributed by atoms with Gasteiger partial charge in [0.15, 0.2) is 0 Å². The first kappa shape index (κ1) is 14.6. The number of sulfone groups is 1. The van der Waals surface area contributed by atoms with E-state index in [9.17, 15) is 26.4 Å². The summed E-state index contributed by atoms with van der Waals surface area (Å²) in [7, 11) is -3.79. The van der Waals surface area contributed by atoms with Gasteiger partial charge < -0.3 is 5.11 Å². The molecule has 0 saturated carbocycles. The van der Waals surface area contributed by atoms with E-state index in [0.717, 1.165) is 17.5 Å². The molecule has 0 aromatic heterocycles. The SMILES string of the molecule is O=C(O)CCC1=CS(=O)(=O)c2ccc(C(F)(F)F)cc21. The molecular formula is C12H9F3O4S. The van der Waals surface area contributed by atoms with Crippen LogP contribution >= 0.6 is 0 Å². The van der Waals surface area contributed by atoms with Crippen LogP contribution in [0.1, 0.15) is 24.0 Å². The molecule has 0 spiro atoms. The molecule has 8 heteroatoms. The molecule has 20 heavy (non-hydrogen) atoms. The Bertz CT molecular complexity index is 702. The van der Waals surface area contributed by atoms with E-state index in [1.54, 1.807) is 0 Å². The van der Waals surface area contributed by atoms with Gasteiger partial charge >= 0.3 is 12.1 Å². The Morgan fingerprint density at radius 3 is 2.45 bits per heavy atom. The first-order chi connectivity index (χ1) is 9.11. The summed E-state index contributed by atoms with van der Waals surface area (Å²) in [5.74, 6) is -1.15. The zero-order valence-corrected chi connectivity index (χ0v) is 10.8. The molecule has 0 bridgehead atoms. The summed E-state index contributed by atoms with van der Waals surface area (Å²) in [5.41, 5.74) is -0.941. The fraction of sp³-hybridized carbons (Fsp3) is 0.250. The highest BCUT2D eigenvalue weighted by atomic mass is 32.2. The summed E-state index contributed by atoms with van der Waals surface area (Å²) in [6.45, 7) is 0. The van der Waals surface area contributed by atoms with E-state index < -0.39 is 27.5 Å². The number of alkyl halides is 3. The number of halogens is 3. The van der Waals surface area contributed by atoms with E-state index in [2.05, 4.69) is 0 Å². The third kappa shape index (κ3) is 2.69. The highest BCUT2D eigenvalue weighted by Crippen LogP contribution is 2.39. The number of carboxylic acids is 1. The summed E-state index contributed by atoms with van der Waals surface area (Å²) in [6.07, 6.45) is -5.07. The van der Waals surface area contributed by atoms with Crippen LogP contribution in [0.2, 0.25) is 0 Å². The van der Waals surface area contributed by atoms with Crippen molar-refractivity contribution < 1.29 is 31.5 Å². The molecule has 0 saturated heterocycles. The second-order valence-corrected chi connectivity index (χ2v) is 6.06. The zero-order chi connectivity index (χ0) is 15.1. The lowest BCUT2D eigenvalue weighted by Gasteiger charge is -2.09. The van der Waals surface area contributed by atoms with Crippen molar-refractivity contribution in [1.82, 2.24) is 0 Å². The maximum absolute atomic E-state index is 12.6. The highest BCUT2D eigenvalue weighted by molar-refractivity contribution is 7.95. The van der Waals surface area contributed by atoms with Crippen molar-refractivity contribution in [1.29, 1.82) is 0 Å². The average Bonchev–Trinajstić information content (AvgIpc) is 2.57. The van der Waals surface area contributed by atoms with Crippen LogP contribution in [-0.4, -0.2) is 19.5 Å². The van der Waals surface area contributed by atoms with Crippen LogP contribution in [0.5, 0.6) is 0 Å². The summed E-state index contributed by atoms with van der Waals surface area (Å²) in [5, 5.41) is 9.41. The number of rotatable bonds is 3. The highest BCUT2D eigenvalue weighted by Gasteiger charge is 2.34. The van der Waals surface area contributed by atoms with Gasteiger partial charge in [0.1, 0.15) is 0 Å². The van der Waals surface area contributed by atoms with Crippen molar-refractivity contribution in [2.24, 2.45) is 0 Å². The van der Waals surface area contributed by atoms with Crippen LogP contribution in [0, 0.1) is 0 Å². The first-order valence-electron chi connectivity index (χ1n) is 5.50. The molecule has 1 aromatic rings. The Morgan fingerprint density at radius 1 is 1.25 bits per heavy atom. The first-order valence-corrected chi connectivity index (χ1v) is 7.05. The summed E-state index contributed by atoms with van der Waals surface area (Å²) >= 11 is 0. The van der Waals surface area contributed by atoms with Crippen molar-refractivity contribution in [2.75, 3.05) is 0 Å². The average molecular weight is 306 g/mol. The Hall–Kier alpha value is -1.83. The lowest BCUT2D eigenvalue weighted by Crippen LogP contribution is -2.06. The zero-order valence-electron chi connectivity index (χ0n) is 9.94. The van der Waals surface area contributed by atoms with Crippen LogP contribution < -0.4 is 0 Å². The van der Waals surface area contributed by atoms with Gasteiger partial charge in [0.05, 0.1) is 10.5 Å². The minimum Gasteiger partial charge on any atom is -0.481 e. The topological polar surface area (TPSA) is 71.4 Å². The van der Waals surface area contributed by atoms with Gasteiger partial charge in [0.2, 0.25) is 9.84 Å². The van der Waals surface area contributed by atoms with Crippen molar-refractivity contribution >= 4 is 21.4 Å². The molecule has 0 unspecified atom stereocenters. The van der Waals surface area contributed by atoms with Gasteiger partial charge in [-0.3, -0.25) is 4.79 Å². The number of carbonyl (C=O) groups is 1. The molecule has 1 heterocycles. The number of allylic oxidation sites excluding steroid dienone is 1. The van der Waals surface area contributed by atoms with Gasteiger partial charge in [0.25, 0.3) is 0 Å². The predicted molar refractivity (Wildman–Crippen MR) is 63.5 cm³/mol. The standard InChI is InChI=1S/C12H9F3O4S/c13-12(14,15)8-2-3-10-9(5-8)7(1-4-11(16)17)6-20(10,18)19/h2-3,5-6H,1,4H2,(H,16,17). The lowest BCUT2D eigenvalue weighted by molar-refractivity contribution is -0.138. The number of carboxylic acid groups (broad SMARTS) is 1. The maximum Gasteiger partial charge on any atom is 0.416 e. The second kappa shape index (κ2) is 4.62. The second-order valence-electron chi connectivity index (χ2n) is 4.29. The molecule has 4 nitrogen and oxygen atoms in total. The Kier molecular flexibility index (Phi) is 3.37. The Balaban J connectivity index is 2.49. The van der Waals surface area contributed by atoms with Gasteiger partial charge in [-0.05, 0) is 35.8 Å². The molecule has 0 amide bonds. The van der Waals surface area contributed by atoms with E-state index >= 15 is 0 Å². The van der Waals surface area contributed by atoms with Crippen LogP contribution in [0.3, 0.4) is 0 Å². The predicted octanol–water partition coefficient (Wildman–Crippen LogP) is 2.70. The van der Waals surface area contributed by atoms with E-state index in [1.165, 1.54) is 0 Å². The van der Waals surface area contributed by atoms with Gasteiger partial charge in [-0.1, -0.05) is 0 Å². The molecule has 2 rings (SSSR count). The minimum absolute atomic E-state index is 0.0684. The third-order valence-electron chi connectivity index (χ3n) is 2.86. The summed E-state index contributed by atoms with van der Waals surface area (Å²) < 4.78 is 61.4. The number of hydrogen-bond acceptors (Lipinski definition) is 3.